The quantitative estimate of drug-likeness (QED) is 0.843. The number of ether oxygens (including phenoxy) is 1. The molecule has 1 atom stereocenters. The molecule has 21 heavy (non-hydrogen) atoms. The summed E-state index contributed by atoms with van der Waals surface area (Å²) in [7, 11) is 3.85. The van der Waals surface area contributed by atoms with Gasteiger partial charge in [0, 0.05) is 19.1 Å². The number of hydrogen-bond acceptors (Lipinski definition) is 3. The minimum atomic E-state index is 0.363. The molecule has 0 aliphatic heterocycles. The fourth-order valence-corrected chi connectivity index (χ4v) is 2.39. The number of hydrogen-bond donors (Lipinski definition) is 1. The van der Waals surface area contributed by atoms with Gasteiger partial charge in [-0.05, 0) is 55.1 Å². The number of likely N-dealkylation sites (N-methyl/N-ethyl adjacent to an activating group) is 1. The molecule has 3 nitrogen and oxygen atoms in total. The Bertz CT molecular complexity index is 582. The average molecular weight is 286 g/mol. The van der Waals surface area contributed by atoms with E-state index in [9.17, 15) is 0 Å². The molecule has 0 aliphatic carbocycles. The van der Waals surface area contributed by atoms with Crippen molar-refractivity contribution in [1.29, 1.82) is 0 Å². The third-order valence-corrected chi connectivity index (χ3v) is 4.06. The lowest BCUT2D eigenvalue weighted by Crippen LogP contribution is -2.30. The number of benzene rings is 2. The van der Waals surface area contributed by atoms with Crippen LogP contribution in [0.15, 0.2) is 36.4 Å². The number of methoxy groups -OCH3 is 1. The van der Waals surface area contributed by atoms with E-state index < -0.39 is 0 Å². The molecule has 0 amide bonds. The van der Waals surface area contributed by atoms with E-state index >= 15 is 0 Å². The summed E-state index contributed by atoms with van der Waals surface area (Å²) in [5.74, 6) is 0.907. The second-order valence-corrected chi connectivity index (χ2v) is 5.54. The highest BCUT2D eigenvalue weighted by molar-refractivity contribution is 5.84. The predicted molar refractivity (Wildman–Crippen MR) is 90.1 cm³/mol. The van der Waals surface area contributed by atoms with Crippen LogP contribution in [-0.2, 0) is 0 Å². The van der Waals surface area contributed by atoms with Crippen molar-refractivity contribution in [2.24, 2.45) is 0 Å². The van der Waals surface area contributed by atoms with Crippen LogP contribution >= 0.6 is 0 Å². The zero-order chi connectivity index (χ0) is 15.2. The molecule has 0 aromatic heterocycles. The minimum absolute atomic E-state index is 0.363. The lowest BCUT2D eigenvalue weighted by atomic mass is 10.0. The summed E-state index contributed by atoms with van der Waals surface area (Å²) in [5.41, 5.74) is 1.33. The van der Waals surface area contributed by atoms with E-state index in [0.29, 0.717) is 6.04 Å². The fraction of sp³-hybridized carbons (Fsp3) is 0.444. The Balaban J connectivity index is 2.04. The van der Waals surface area contributed by atoms with E-state index in [2.05, 4.69) is 61.4 Å². The van der Waals surface area contributed by atoms with Crippen LogP contribution < -0.4 is 10.1 Å². The Hall–Kier alpha value is -1.58. The Morgan fingerprint density at radius 2 is 1.86 bits per heavy atom. The number of fused-ring (bicyclic) bond motifs is 1. The molecule has 114 valence electrons. The summed E-state index contributed by atoms with van der Waals surface area (Å²) < 4.78 is 5.27. The van der Waals surface area contributed by atoms with Crippen LogP contribution in [-0.4, -0.2) is 38.7 Å². The maximum absolute atomic E-state index is 5.27. The van der Waals surface area contributed by atoms with Crippen molar-refractivity contribution in [1.82, 2.24) is 10.2 Å². The molecule has 0 radical (unpaired) electrons. The topological polar surface area (TPSA) is 24.5 Å². The number of nitrogens with zero attached hydrogens (tertiary/aromatic N) is 1. The summed E-state index contributed by atoms with van der Waals surface area (Å²) in [6, 6.07) is 13.2. The first kappa shape index (κ1) is 15.8. The van der Waals surface area contributed by atoms with Crippen LogP contribution in [0, 0.1) is 0 Å². The molecule has 3 heteroatoms. The molecule has 0 fully saturated rings. The Morgan fingerprint density at radius 3 is 2.57 bits per heavy atom. The molecule has 2 aromatic rings. The summed E-state index contributed by atoms with van der Waals surface area (Å²) in [6.45, 7) is 7.57. The zero-order valence-corrected chi connectivity index (χ0v) is 13.5. The van der Waals surface area contributed by atoms with Gasteiger partial charge in [-0.3, -0.25) is 0 Å². The molecule has 0 saturated carbocycles. The van der Waals surface area contributed by atoms with Gasteiger partial charge in [-0.2, -0.15) is 0 Å². The van der Waals surface area contributed by atoms with Crippen LogP contribution in [0.4, 0.5) is 0 Å². The van der Waals surface area contributed by atoms with Crippen molar-refractivity contribution >= 4 is 10.8 Å². The predicted octanol–water partition coefficient (Wildman–Crippen LogP) is 3.45. The monoisotopic (exact) mass is 286 g/mol. The first-order valence-electron chi connectivity index (χ1n) is 7.63. The largest absolute Gasteiger partial charge is 0.497 e. The van der Waals surface area contributed by atoms with Crippen LogP contribution in [0.1, 0.15) is 25.5 Å². The van der Waals surface area contributed by atoms with Crippen LogP contribution in [0.25, 0.3) is 10.8 Å². The summed E-state index contributed by atoms with van der Waals surface area (Å²) in [6.07, 6.45) is 0. The van der Waals surface area contributed by atoms with E-state index in [4.69, 9.17) is 4.74 Å². The average Bonchev–Trinajstić information content (AvgIpc) is 2.53. The van der Waals surface area contributed by atoms with Crippen molar-refractivity contribution < 1.29 is 4.74 Å². The van der Waals surface area contributed by atoms with Crippen LogP contribution in [0.2, 0.25) is 0 Å². The minimum Gasteiger partial charge on any atom is -0.497 e. The lowest BCUT2D eigenvalue weighted by molar-refractivity contribution is 0.342. The Morgan fingerprint density at radius 1 is 1.14 bits per heavy atom. The van der Waals surface area contributed by atoms with E-state index in [0.717, 1.165) is 25.4 Å². The molecular weight excluding hydrogens is 260 g/mol. The molecule has 0 aliphatic rings. The van der Waals surface area contributed by atoms with Gasteiger partial charge in [0.2, 0.25) is 0 Å². The van der Waals surface area contributed by atoms with Crippen molar-refractivity contribution in [2.75, 3.05) is 33.8 Å². The van der Waals surface area contributed by atoms with Gasteiger partial charge in [0.05, 0.1) is 7.11 Å². The smallest absolute Gasteiger partial charge is 0.119 e. The highest BCUT2D eigenvalue weighted by Crippen LogP contribution is 2.24. The molecule has 0 saturated heterocycles. The van der Waals surface area contributed by atoms with Gasteiger partial charge in [0.1, 0.15) is 5.75 Å². The lowest BCUT2D eigenvalue weighted by Gasteiger charge is -2.18. The van der Waals surface area contributed by atoms with Gasteiger partial charge in [0.15, 0.2) is 0 Å². The standard InChI is InChI=1S/C18H26N2O/c1-5-20(3)11-10-19-14(2)15-6-7-17-13-18(21-4)9-8-16(17)12-15/h6-9,12-14,19H,5,10-11H2,1-4H3. The van der Waals surface area contributed by atoms with E-state index in [1.54, 1.807) is 7.11 Å². The molecule has 2 aromatic carbocycles. The van der Waals surface area contributed by atoms with Crippen LogP contribution in [0.3, 0.4) is 0 Å². The zero-order valence-electron chi connectivity index (χ0n) is 13.5. The third-order valence-electron chi connectivity index (χ3n) is 4.06. The highest BCUT2D eigenvalue weighted by atomic mass is 16.5. The maximum Gasteiger partial charge on any atom is 0.119 e. The molecule has 0 spiro atoms. The van der Waals surface area contributed by atoms with Gasteiger partial charge in [-0.15, -0.1) is 0 Å². The van der Waals surface area contributed by atoms with E-state index in [1.807, 2.05) is 6.07 Å². The first-order valence-corrected chi connectivity index (χ1v) is 7.63. The molecule has 0 heterocycles. The molecule has 0 bridgehead atoms. The Kier molecular flexibility index (Phi) is 5.59. The highest BCUT2D eigenvalue weighted by Gasteiger charge is 2.06. The van der Waals surface area contributed by atoms with Crippen molar-refractivity contribution in [3.05, 3.63) is 42.0 Å². The van der Waals surface area contributed by atoms with Gasteiger partial charge >= 0.3 is 0 Å². The first-order chi connectivity index (χ1) is 10.1. The maximum atomic E-state index is 5.27. The molecule has 1 unspecified atom stereocenters. The number of rotatable bonds is 7. The summed E-state index contributed by atoms with van der Waals surface area (Å²) in [4.78, 5) is 2.31. The van der Waals surface area contributed by atoms with Gasteiger partial charge in [-0.25, -0.2) is 0 Å². The van der Waals surface area contributed by atoms with Crippen molar-refractivity contribution in [3.63, 3.8) is 0 Å². The van der Waals surface area contributed by atoms with Crippen molar-refractivity contribution in [3.8, 4) is 5.75 Å². The summed E-state index contributed by atoms with van der Waals surface area (Å²) in [5, 5.41) is 6.06. The van der Waals surface area contributed by atoms with Crippen molar-refractivity contribution in [2.45, 2.75) is 19.9 Å². The van der Waals surface area contributed by atoms with Gasteiger partial charge in [-0.1, -0.05) is 25.1 Å². The van der Waals surface area contributed by atoms with E-state index in [-0.39, 0.29) is 0 Å². The van der Waals surface area contributed by atoms with Gasteiger partial charge < -0.3 is 15.0 Å². The number of nitrogens with one attached hydrogen (secondary N) is 1. The fourth-order valence-electron chi connectivity index (χ4n) is 2.39. The van der Waals surface area contributed by atoms with Crippen LogP contribution in [0.5, 0.6) is 5.75 Å². The second-order valence-electron chi connectivity index (χ2n) is 5.54. The second kappa shape index (κ2) is 7.43. The SMILES string of the molecule is CCN(C)CCNC(C)c1ccc2cc(OC)ccc2c1. The Labute approximate surface area is 127 Å². The molecule has 1 N–H and O–H groups in total. The normalized spacial score (nSPS) is 12.8. The molecular formula is C18H26N2O. The third kappa shape index (κ3) is 4.19. The van der Waals surface area contributed by atoms with E-state index in [1.165, 1.54) is 16.3 Å². The summed E-state index contributed by atoms with van der Waals surface area (Å²) >= 11 is 0. The van der Waals surface area contributed by atoms with Gasteiger partial charge in [0.25, 0.3) is 0 Å². The molecule has 2 rings (SSSR count).